The molecule has 0 bridgehead atoms. The maximum Gasteiger partial charge on any atom is 0.258 e. The molecule has 2 atom stereocenters. The number of hydrogen-bond donors (Lipinski definition) is 1. The highest BCUT2D eigenvalue weighted by Crippen LogP contribution is 2.44. The zero-order valence-electron chi connectivity index (χ0n) is 19.1. The SMILES string of the molecule is COc1cc(-c2ccccc2)c(NC(=O)c2cnc(C(C)C)nc2)c(N2CCC(P)(P)C2)n1. The van der Waals surface area contributed by atoms with Gasteiger partial charge in [0.15, 0.2) is 5.82 Å². The maximum atomic E-state index is 13.3. The smallest absolute Gasteiger partial charge is 0.258 e. The minimum atomic E-state index is -0.280. The van der Waals surface area contributed by atoms with Crippen LogP contribution in [0.4, 0.5) is 11.5 Å². The summed E-state index contributed by atoms with van der Waals surface area (Å²) >= 11 is 0. The van der Waals surface area contributed by atoms with Gasteiger partial charge in [-0.25, -0.2) is 9.97 Å². The molecule has 0 saturated carbocycles. The highest BCUT2D eigenvalue weighted by Gasteiger charge is 2.33. The molecule has 1 aliphatic rings. The number of anilines is 2. The van der Waals surface area contributed by atoms with E-state index in [1.54, 1.807) is 19.5 Å². The molecule has 0 aliphatic carbocycles. The second-order valence-corrected chi connectivity index (χ2v) is 11.6. The normalized spacial score (nSPS) is 15.0. The van der Waals surface area contributed by atoms with Crippen LogP contribution in [-0.4, -0.2) is 46.0 Å². The molecule has 33 heavy (non-hydrogen) atoms. The van der Waals surface area contributed by atoms with E-state index in [4.69, 9.17) is 9.72 Å². The Balaban J connectivity index is 1.79. The van der Waals surface area contributed by atoms with E-state index >= 15 is 0 Å². The van der Waals surface area contributed by atoms with Crippen LogP contribution in [0.5, 0.6) is 5.88 Å². The van der Waals surface area contributed by atoms with E-state index in [2.05, 4.69) is 38.7 Å². The lowest BCUT2D eigenvalue weighted by molar-refractivity contribution is 0.102. The Bertz CT molecular complexity index is 1140. The lowest BCUT2D eigenvalue weighted by Gasteiger charge is -2.25. The average molecular weight is 481 g/mol. The van der Waals surface area contributed by atoms with Crippen molar-refractivity contribution in [1.29, 1.82) is 0 Å². The fraction of sp³-hybridized carbons (Fsp3) is 0.333. The van der Waals surface area contributed by atoms with Gasteiger partial charge in [0.05, 0.1) is 18.4 Å². The number of ether oxygens (including phenoxy) is 1. The molecule has 0 radical (unpaired) electrons. The summed E-state index contributed by atoms with van der Waals surface area (Å²) in [7, 11) is 7.41. The van der Waals surface area contributed by atoms with Crippen molar-refractivity contribution >= 4 is 35.9 Å². The van der Waals surface area contributed by atoms with Crippen LogP contribution in [0.15, 0.2) is 48.8 Å². The van der Waals surface area contributed by atoms with Crippen molar-refractivity contribution in [3.63, 3.8) is 0 Å². The molecule has 4 rings (SSSR count). The third-order valence-corrected chi connectivity index (χ3v) is 6.53. The average Bonchev–Trinajstić information content (AvgIpc) is 3.19. The maximum absolute atomic E-state index is 13.3. The molecule has 1 N–H and O–H groups in total. The first-order valence-corrected chi connectivity index (χ1v) is 12.0. The summed E-state index contributed by atoms with van der Waals surface area (Å²) in [6, 6.07) is 11.8. The molecule has 3 heterocycles. The number of nitrogens with zero attached hydrogens (tertiary/aromatic N) is 4. The summed E-state index contributed by atoms with van der Waals surface area (Å²) in [4.78, 5) is 28.9. The van der Waals surface area contributed by atoms with Crippen molar-refractivity contribution < 1.29 is 9.53 Å². The predicted octanol–water partition coefficient (Wildman–Crippen LogP) is 4.58. The highest BCUT2D eigenvalue weighted by atomic mass is 31.1. The number of benzene rings is 1. The second-order valence-electron chi connectivity index (χ2n) is 8.62. The number of carbonyl (C=O) groups is 1. The number of amides is 1. The van der Waals surface area contributed by atoms with Crippen LogP contribution in [0.2, 0.25) is 0 Å². The van der Waals surface area contributed by atoms with E-state index in [-0.39, 0.29) is 16.7 Å². The van der Waals surface area contributed by atoms with Crippen LogP contribution in [0, 0.1) is 0 Å². The van der Waals surface area contributed by atoms with Gasteiger partial charge in [-0.1, -0.05) is 44.2 Å². The van der Waals surface area contributed by atoms with Gasteiger partial charge < -0.3 is 15.0 Å². The summed E-state index contributed by atoms with van der Waals surface area (Å²) in [6.45, 7) is 5.62. The lowest BCUT2D eigenvalue weighted by Crippen LogP contribution is -2.26. The number of carbonyl (C=O) groups excluding carboxylic acids is 1. The fourth-order valence-corrected chi connectivity index (χ4v) is 4.49. The first-order valence-electron chi connectivity index (χ1n) is 10.9. The van der Waals surface area contributed by atoms with E-state index in [9.17, 15) is 4.79 Å². The Morgan fingerprint density at radius 2 is 1.88 bits per heavy atom. The van der Waals surface area contributed by atoms with Crippen molar-refractivity contribution in [3.05, 3.63) is 60.2 Å². The van der Waals surface area contributed by atoms with Gasteiger partial charge in [0.1, 0.15) is 5.82 Å². The van der Waals surface area contributed by atoms with E-state index < -0.39 is 0 Å². The van der Waals surface area contributed by atoms with Crippen molar-refractivity contribution in [3.8, 4) is 17.0 Å². The number of nitrogens with one attached hydrogen (secondary N) is 1. The third kappa shape index (κ3) is 5.31. The van der Waals surface area contributed by atoms with E-state index in [0.29, 0.717) is 28.8 Å². The number of methoxy groups -OCH3 is 1. The van der Waals surface area contributed by atoms with Crippen LogP contribution >= 0.6 is 18.5 Å². The molecule has 1 fully saturated rings. The molecule has 1 amide bonds. The van der Waals surface area contributed by atoms with Gasteiger partial charge in [-0.2, -0.15) is 4.98 Å². The minimum Gasteiger partial charge on any atom is -0.481 e. The molecule has 9 heteroatoms. The first-order chi connectivity index (χ1) is 15.8. The molecule has 7 nitrogen and oxygen atoms in total. The monoisotopic (exact) mass is 481 g/mol. The second kappa shape index (κ2) is 9.70. The van der Waals surface area contributed by atoms with Gasteiger partial charge >= 0.3 is 0 Å². The Kier molecular flexibility index (Phi) is 6.92. The van der Waals surface area contributed by atoms with E-state index in [1.165, 1.54) is 0 Å². The van der Waals surface area contributed by atoms with Crippen LogP contribution in [-0.2, 0) is 0 Å². The number of hydrogen-bond acceptors (Lipinski definition) is 6. The molecular formula is C24H29N5O2P2. The molecule has 1 aliphatic heterocycles. The predicted molar refractivity (Wildman–Crippen MR) is 139 cm³/mol. The molecule has 1 saturated heterocycles. The zero-order chi connectivity index (χ0) is 23.6. The van der Waals surface area contributed by atoms with Gasteiger partial charge in [-0.15, -0.1) is 18.5 Å². The highest BCUT2D eigenvalue weighted by molar-refractivity contribution is 7.40. The van der Waals surface area contributed by atoms with Crippen molar-refractivity contribution in [1.82, 2.24) is 15.0 Å². The minimum absolute atomic E-state index is 0.000533. The summed E-state index contributed by atoms with van der Waals surface area (Å²) in [5, 5.41) is 3.11. The number of rotatable bonds is 6. The third-order valence-electron chi connectivity index (χ3n) is 5.59. The van der Waals surface area contributed by atoms with E-state index in [1.807, 2.05) is 50.2 Å². The van der Waals surface area contributed by atoms with Crippen LogP contribution in [0.3, 0.4) is 0 Å². The Morgan fingerprint density at radius 3 is 2.45 bits per heavy atom. The van der Waals surface area contributed by atoms with Crippen molar-refractivity contribution in [2.45, 2.75) is 31.1 Å². The Hall–Kier alpha value is -2.62. The first kappa shape index (κ1) is 23.5. The largest absolute Gasteiger partial charge is 0.481 e. The van der Waals surface area contributed by atoms with Crippen LogP contribution in [0.1, 0.15) is 42.4 Å². The lowest BCUT2D eigenvalue weighted by atomic mass is 10.0. The zero-order valence-corrected chi connectivity index (χ0v) is 21.4. The Morgan fingerprint density at radius 1 is 1.18 bits per heavy atom. The van der Waals surface area contributed by atoms with Gasteiger partial charge in [0.2, 0.25) is 5.88 Å². The molecular weight excluding hydrogens is 452 g/mol. The standard InChI is InChI=1S/C24H29N5O2P2/c1-15(2)21-25-12-17(13-26-21)23(30)28-20-18(16-7-5-4-6-8-16)11-19(31-3)27-22(20)29-10-9-24(32,33)14-29/h4-8,11-13,15H,9-10,14,32-33H2,1-3H3,(H,28,30). The molecule has 3 aromatic rings. The van der Waals surface area contributed by atoms with E-state index in [0.717, 1.165) is 30.6 Å². The van der Waals surface area contributed by atoms with Crippen LogP contribution in [0.25, 0.3) is 11.1 Å². The van der Waals surface area contributed by atoms with Crippen molar-refractivity contribution in [2.24, 2.45) is 0 Å². The van der Waals surface area contributed by atoms with Crippen LogP contribution < -0.4 is 15.0 Å². The summed E-state index contributed by atoms with van der Waals surface area (Å²) in [5.41, 5.74) is 2.85. The van der Waals surface area contributed by atoms with Gasteiger partial charge in [0.25, 0.3) is 5.91 Å². The fourth-order valence-electron chi connectivity index (χ4n) is 3.79. The molecule has 172 valence electrons. The van der Waals surface area contributed by atoms with Crippen molar-refractivity contribution in [2.75, 3.05) is 30.4 Å². The quantitative estimate of drug-likeness (QED) is 0.520. The molecule has 2 aromatic heterocycles. The summed E-state index contributed by atoms with van der Waals surface area (Å²) < 4.78 is 5.53. The topological polar surface area (TPSA) is 80.2 Å². The molecule has 2 unspecified atom stereocenters. The molecule has 0 spiro atoms. The summed E-state index contributed by atoms with van der Waals surface area (Å²) in [6.07, 6.45) is 4.12. The summed E-state index contributed by atoms with van der Waals surface area (Å²) in [5.74, 6) is 1.80. The van der Waals surface area contributed by atoms with Gasteiger partial charge in [0, 0.05) is 47.9 Å². The van der Waals surface area contributed by atoms with Gasteiger partial charge in [-0.05, 0) is 12.0 Å². The number of aromatic nitrogens is 3. The molecule has 1 aromatic carbocycles. The van der Waals surface area contributed by atoms with Gasteiger partial charge in [-0.3, -0.25) is 4.79 Å². The number of pyridine rings is 1. The Labute approximate surface area is 199 Å².